The summed E-state index contributed by atoms with van der Waals surface area (Å²) in [6.45, 7) is 3.74. The van der Waals surface area contributed by atoms with Gasteiger partial charge in [-0.05, 0) is 6.92 Å². The number of morpholine rings is 1. The van der Waals surface area contributed by atoms with Gasteiger partial charge in [-0.2, -0.15) is 0 Å². The molecule has 4 heterocycles. The van der Waals surface area contributed by atoms with Crippen molar-refractivity contribution in [3.63, 3.8) is 0 Å². The number of hydrogen-bond donors (Lipinski definition) is 3. The van der Waals surface area contributed by atoms with Gasteiger partial charge in [0.25, 0.3) is 0 Å². The highest BCUT2D eigenvalue weighted by atomic mass is 16.6. The van der Waals surface area contributed by atoms with Crippen LogP contribution in [0.25, 0.3) is 11.2 Å². The highest BCUT2D eigenvalue weighted by Crippen LogP contribution is 2.39. The molecule has 0 aliphatic carbocycles. The topological polar surface area (TPSA) is 126 Å². The Morgan fingerprint density at radius 1 is 1.28 bits per heavy atom. The molecule has 0 spiro atoms. The molecule has 2 aliphatic heterocycles. The Bertz CT molecular complexity index is 760. The van der Waals surface area contributed by atoms with E-state index >= 15 is 0 Å². The lowest BCUT2D eigenvalue weighted by Gasteiger charge is -2.28. The average molecular weight is 351 g/mol. The highest BCUT2D eigenvalue weighted by molar-refractivity contribution is 5.83. The second kappa shape index (κ2) is 6.15. The lowest BCUT2D eigenvalue weighted by molar-refractivity contribution is -0.0950. The fourth-order valence-electron chi connectivity index (χ4n) is 3.41. The number of rotatable bonds is 3. The summed E-state index contributed by atoms with van der Waals surface area (Å²) in [5.41, 5.74) is -0.510. The van der Waals surface area contributed by atoms with Gasteiger partial charge in [-0.15, -0.1) is 0 Å². The zero-order valence-corrected chi connectivity index (χ0v) is 13.8. The summed E-state index contributed by atoms with van der Waals surface area (Å²) in [6, 6.07) is 0. The van der Waals surface area contributed by atoms with Crippen LogP contribution in [0.2, 0.25) is 0 Å². The SMILES string of the molecule is C[C@]1(O)C(n2cnc3c(N4CCOCC4)ncnc32)O[C@H](CO)[C@H]1O. The van der Waals surface area contributed by atoms with E-state index in [2.05, 4.69) is 19.9 Å². The third kappa shape index (κ3) is 2.57. The van der Waals surface area contributed by atoms with Crippen molar-refractivity contribution in [1.29, 1.82) is 0 Å². The van der Waals surface area contributed by atoms with Crippen molar-refractivity contribution in [2.45, 2.75) is 31.0 Å². The average Bonchev–Trinajstić information content (AvgIpc) is 3.15. The molecule has 0 bridgehead atoms. The van der Waals surface area contributed by atoms with E-state index < -0.39 is 30.6 Å². The van der Waals surface area contributed by atoms with Gasteiger partial charge in [0.15, 0.2) is 23.2 Å². The van der Waals surface area contributed by atoms with Gasteiger partial charge in [-0.1, -0.05) is 0 Å². The van der Waals surface area contributed by atoms with E-state index in [4.69, 9.17) is 9.47 Å². The van der Waals surface area contributed by atoms with Crippen LogP contribution in [-0.4, -0.2) is 85.6 Å². The molecular formula is C15H21N5O5. The van der Waals surface area contributed by atoms with Gasteiger partial charge in [0, 0.05) is 13.1 Å². The van der Waals surface area contributed by atoms with Crippen molar-refractivity contribution in [3.05, 3.63) is 12.7 Å². The summed E-state index contributed by atoms with van der Waals surface area (Å²) >= 11 is 0. The lowest BCUT2D eigenvalue weighted by Crippen LogP contribution is -2.44. The van der Waals surface area contributed by atoms with Crippen molar-refractivity contribution >= 4 is 17.0 Å². The maximum absolute atomic E-state index is 10.7. The first-order valence-electron chi connectivity index (χ1n) is 8.21. The number of nitrogens with zero attached hydrogens (tertiary/aromatic N) is 5. The minimum Gasteiger partial charge on any atom is -0.394 e. The van der Waals surface area contributed by atoms with Crippen LogP contribution < -0.4 is 4.90 Å². The van der Waals surface area contributed by atoms with E-state index in [1.807, 2.05) is 0 Å². The fraction of sp³-hybridized carbons (Fsp3) is 0.667. The van der Waals surface area contributed by atoms with E-state index in [1.54, 1.807) is 4.57 Å². The molecule has 2 aromatic heterocycles. The van der Waals surface area contributed by atoms with Crippen LogP contribution in [0.5, 0.6) is 0 Å². The molecule has 136 valence electrons. The Morgan fingerprint density at radius 3 is 2.72 bits per heavy atom. The molecule has 2 aliphatic rings. The molecule has 10 heteroatoms. The molecule has 2 aromatic rings. The zero-order chi connectivity index (χ0) is 17.6. The van der Waals surface area contributed by atoms with E-state index in [0.29, 0.717) is 43.3 Å². The number of imidazole rings is 1. The molecule has 0 aromatic carbocycles. The molecule has 0 amide bonds. The number of aromatic nitrogens is 4. The van der Waals surface area contributed by atoms with E-state index in [-0.39, 0.29) is 0 Å². The van der Waals surface area contributed by atoms with Crippen LogP contribution in [-0.2, 0) is 9.47 Å². The molecular weight excluding hydrogens is 330 g/mol. The molecule has 0 radical (unpaired) electrons. The Balaban J connectivity index is 1.74. The Hall–Kier alpha value is -1.85. The normalized spacial score (nSPS) is 33.3. The molecule has 2 saturated heterocycles. The molecule has 3 N–H and O–H groups in total. The smallest absolute Gasteiger partial charge is 0.168 e. The number of anilines is 1. The second-order valence-electron chi connectivity index (χ2n) is 6.50. The van der Waals surface area contributed by atoms with Crippen molar-refractivity contribution in [2.24, 2.45) is 0 Å². The maximum atomic E-state index is 10.7. The molecule has 4 rings (SSSR count). The quantitative estimate of drug-likeness (QED) is 0.616. The Labute approximate surface area is 143 Å². The summed E-state index contributed by atoms with van der Waals surface area (Å²) in [5, 5.41) is 30.2. The van der Waals surface area contributed by atoms with Crippen LogP contribution >= 0.6 is 0 Å². The first kappa shape index (κ1) is 16.6. The van der Waals surface area contributed by atoms with Gasteiger partial charge in [-0.25, -0.2) is 15.0 Å². The second-order valence-corrected chi connectivity index (χ2v) is 6.50. The van der Waals surface area contributed by atoms with E-state index in [1.165, 1.54) is 19.6 Å². The van der Waals surface area contributed by atoms with Gasteiger partial charge >= 0.3 is 0 Å². The van der Waals surface area contributed by atoms with Gasteiger partial charge in [0.1, 0.15) is 24.1 Å². The largest absolute Gasteiger partial charge is 0.394 e. The summed E-state index contributed by atoms with van der Waals surface area (Å²) in [7, 11) is 0. The summed E-state index contributed by atoms with van der Waals surface area (Å²) in [5.74, 6) is 0.698. The van der Waals surface area contributed by atoms with Crippen LogP contribution in [0.3, 0.4) is 0 Å². The molecule has 2 fully saturated rings. The van der Waals surface area contributed by atoms with Gasteiger partial charge < -0.3 is 29.7 Å². The van der Waals surface area contributed by atoms with Crippen LogP contribution in [0, 0.1) is 0 Å². The standard InChI is InChI=1S/C15H21N5O5/c1-15(23)11(22)9(6-21)25-14(15)20-8-18-10-12(16-7-17-13(10)20)19-2-4-24-5-3-19/h7-9,11,14,21-23H,2-6H2,1H3/t9-,11-,14?,15-/m1/s1. The fourth-order valence-corrected chi connectivity index (χ4v) is 3.41. The number of aliphatic hydroxyl groups is 3. The summed E-state index contributed by atoms with van der Waals surface area (Å²) in [6.07, 6.45) is -0.0697. The van der Waals surface area contributed by atoms with Crippen LogP contribution in [0.15, 0.2) is 12.7 Å². The van der Waals surface area contributed by atoms with Crippen LogP contribution in [0.1, 0.15) is 13.2 Å². The van der Waals surface area contributed by atoms with Crippen LogP contribution in [0.4, 0.5) is 5.82 Å². The van der Waals surface area contributed by atoms with Crippen molar-refractivity contribution in [3.8, 4) is 0 Å². The molecule has 25 heavy (non-hydrogen) atoms. The third-order valence-corrected chi connectivity index (χ3v) is 4.84. The van der Waals surface area contributed by atoms with Gasteiger partial charge in [-0.3, -0.25) is 4.57 Å². The highest BCUT2D eigenvalue weighted by Gasteiger charge is 2.53. The number of hydrogen-bond acceptors (Lipinski definition) is 9. The minimum atomic E-state index is -1.59. The lowest BCUT2D eigenvalue weighted by atomic mass is 9.96. The maximum Gasteiger partial charge on any atom is 0.168 e. The van der Waals surface area contributed by atoms with E-state index in [0.717, 1.165) is 0 Å². The minimum absolute atomic E-state index is 0.394. The molecule has 10 nitrogen and oxygen atoms in total. The number of fused-ring (bicyclic) bond motifs is 1. The number of aliphatic hydroxyl groups excluding tert-OH is 2. The summed E-state index contributed by atoms with van der Waals surface area (Å²) < 4.78 is 12.6. The van der Waals surface area contributed by atoms with Crippen molar-refractivity contribution < 1.29 is 24.8 Å². The number of ether oxygens (including phenoxy) is 2. The Kier molecular flexibility index (Phi) is 4.08. The van der Waals surface area contributed by atoms with Gasteiger partial charge in [0.2, 0.25) is 0 Å². The van der Waals surface area contributed by atoms with Crippen molar-refractivity contribution in [2.75, 3.05) is 37.8 Å². The first-order chi connectivity index (χ1) is 12.0. The molecule has 0 saturated carbocycles. The Morgan fingerprint density at radius 2 is 2.04 bits per heavy atom. The predicted octanol–water partition coefficient (Wildman–Crippen LogP) is -1.34. The monoisotopic (exact) mass is 351 g/mol. The van der Waals surface area contributed by atoms with E-state index in [9.17, 15) is 15.3 Å². The van der Waals surface area contributed by atoms with Gasteiger partial charge in [0.05, 0.1) is 26.1 Å². The predicted molar refractivity (Wildman–Crippen MR) is 86.0 cm³/mol. The summed E-state index contributed by atoms with van der Waals surface area (Å²) in [4.78, 5) is 15.1. The third-order valence-electron chi connectivity index (χ3n) is 4.84. The molecule has 1 unspecified atom stereocenters. The zero-order valence-electron chi connectivity index (χ0n) is 13.8. The first-order valence-corrected chi connectivity index (χ1v) is 8.21. The van der Waals surface area contributed by atoms with Crippen molar-refractivity contribution in [1.82, 2.24) is 19.5 Å². The molecule has 4 atom stereocenters.